The molecule has 0 saturated heterocycles. The lowest BCUT2D eigenvalue weighted by molar-refractivity contribution is -0.114. The van der Waals surface area contributed by atoms with E-state index in [9.17, 15) is 9.59 Å². The number of benzene rings is 2. The van der Waals surface area contributed by atoms with Crippen molar-refractivity contribution < 1.29 is 14.3 Å². The highest BCUT2D eigenvalue weighted by atomic mass is 16.5. The maximum atomic E-state index is 12.0. The molecule has 2 aromatic carbocycles. The minimum atomic E-state index is -0.412. The summed E-state index contributed by atoms with van der Waals surface area (Å²) in [5.41, 5.74) is 3.05. The first kappa shape index (κ1) is 14.8. The van der Waals surface area contributed by atoms with Crippen LogP contribution in [0.4, 0.5) is 5.69 Å². The molecular weight excluding hydrogens is 266 g/mol. The zero-order valence-corrected chi connectivity index (χ0v) is 12.1. The van der Waals surface area contributed by atoms with E-state index in [1.165, 1.54) is 6.92 Å². The third-order valence-corrected chi connectivity index (χ3v) is 3.04. The second-order valence-corrected chi connectivity index (χ2v) is 4.76. The number of nitrogens with one attached hydrogen (secondary N) is 1. The zero-order chi connectivity index (χ0) is 15.2. The molecule has 0 aliphatic carbocycles. The largest absolute Gasteiger partial charge is 0.457 e. The van der Waals surface area contributed by atoms with E-state index in [0.717, 1.165) is 11.1 Å². The van der Waals surface area contributed by atoms with E-state index in [0.29, 0.717) is 11.3 Å². The molecule has 0 radical (unpaired) electrons. The number of anilines is 1. The Labute approximate surface area is 123 Å². The molecule has 1 N–H and O–H groups in total. The first-order chi connectivity index (χ1) is 10.1. The molecule has 0 aliphatic rings. The van der Waals surface area contributed by atoms with Gasteiger partial charge in [-0.3, -0.25) is 4.79 Å². The van der Waals surface area contributed by atoms with Crippen LogP contribution >= 0.6 is 0 Å². The normalized spacial score (nSPS) is 10.0. The van der Waals surface area contributed by atoms with E-state index in [1.54, 1.807) is 24.3 Å². The van der Waals surface area contributed by atoms with Gasteiger partial charge in [0.05, 0.1) is 5.56 Å². The van der Waals surface area contributed by atoms with Crippen molar-refractivity contribution in [2.24, 2.45) is 0 Å². The molecule has 0 aromatic heterocycles. The molecule has 0 bridgehead atoms. The van der Waals surface area contributed by atoms with Crippen molar-refractivity contribution >= 4 is 17.6 Å². The molecule has 21 heavy (non-hydrogen) atoms. The number of aryl methyl sites for hydroxylation is 1. The first-order valence-corrected chi connectivity index (χ1v) is 6.65. The van der Waals surface area contributed by atoms with Crippen LogP contribution in [-0.2, 0) is 16.1 Å². The third-order valence-electron chi connectivity index (χ3n) is 3.04. The molecule has 0 spiro atoms. The Hall–Kier alpha value is -2.62. The predicted molar refractivity (Wildman–Crippen MR) is 81.0 cm³/mol. The van der Waals surface area contributed by atoms with E-state index >= 15 is 0 Å². The Kier molecular flexibility index (Phi) is 4.72. The number of rotatable bonds is 4. The van der Waals surface area contributed by atoms with Gasteiger partial charge in [0.15, 0.2) is 0 Å². The van der Waals surface area contributed by atoms with E-state index < -0.39 is 5.97 Å². The predicted octanol–water partition coefficient (Wildman–Crippen LogP) is 3.31. The van der Waals surface area contributed by atoms with E-state index in [4.69, 9.17) is 4.74 Å². The monoisotopic (exact) mass is 283 g/mol. The summed E-state index contributed by atoms with van der Waals surface area (Å²) >= 11 is 0. The third kappa shape index (κ3) is 4.18. The highest BCUT2D eigenvalue weighted by Crippen LogP contribution is 2.14. The Morgan fingerprint density at radius 2 is 1.86 bits per heavy atom. The molecule has 0 saturated carbocycles. The molecule has 4 heteroatoms. The summed E-state index contributed by atoms with van der Waals surface area (Å²) in [6.45, 7) is 3.62. The van der Waals surface area contributed by atoms with Crippen molar-refractivity contribution in [1.82, 2.24) is 0 Å². The number of ether oxygens (including phenoxy) is 1. The van der Waals surface area contributed by atoms with Gasteiger partial charge in [-0.05, 0) is 36.2 Å². The minimum Gasteiger partial charge on any atom is -0.457 e. The summed E-state index contributed by atoms with van der Waals surface area (Å²) in [4.78, 5) is 23.0. The van der Waals surface area contributed by atoms with Crippen LogP contribution in [-0.4, -0.2) is 11.9 Å². The summed E-state index contributed by atoms with van der Waals surface area (Å²) in [6, 6.07) is 14.4. The lowest BCUT2D eigenvalue weighted by atomic mass is 10.1. The molecule has 0 atom stereocenters. The van der Waals surface area contributed by atoms with Crippen LogP contribution in [0.3, 0.4) is 0 Å². The van der Waals surface area contributed by atoms with Gasteiger partial charge in [0, 0.05) is 12.6 Å². The molecular formula is C17H17NO3. The van der Waals surface area contributed by atoms with Gasteiger partial charge >= 0.3 is 5.97 Å². The molecule has 0 unspecified atom stereocenters. The van der Waals surface area contributed by atoms with Gasteiger partial charge in [-0.25, -0.2) is 4.79 Å². The van der Waals surface area contributed by atoms with Crippen molar-refractivity contribution in [2.75, 3.05) is 5.32 Å². The quantitative estimate of drug-likeness (QED) is 0.876. The summed E-state index contributed by atoms with van der Waals surface area (Å²) in [7, 11) is 0. The second kappa shape index (κ2) is 6.70. The zero-order valence-electron chi connectivity index (χ0n) is 12.1. The first-order valence-electron chi connectivity index (χ1n) is 6.65. The fourth-order valence-corrected chi connectivity index (χ4v) is 1.93. The van der Waals surface area contributed by atoms with Gasteiger partial charge in [-0.1, -0.05) is 30.3 Å². The van der Waals surface area contributed by atoms with Crippen molar-refractivity contribution in [3.8, 4) is 0 Å². The molecule has 108 valence electrons. The average Bonchev–Trinajstić information content (AvgIpc) is 2.45. The second-order valence-electron chi connectivity index (χ2n) is 4.76. The topological polar surface area (TPSA) is 55.4 Å². The van der Waals surface area contributed by atoms with Gasteiger partial charge in [0.2, 0.25) is 5.91 Å². The molecule has 0 heterocycles. The minimum absolute atomic E-state index is 0.180. The van der Waals surface area contributed by atoms with Crippen molar-refractivity contribution in [1.29, 1.82) is 0 Å². The maximum absolute atomic E-state index is 12.0. The lowest BCUT2D eigenvalue weighted by Gasteiger charge is -2.08. The van der Waals surface area contributed by atoms with Gasteiger partial charge in [-0.2, -0.15) is 0 Å². The van der Waals surface area contributed by atoms with Crippen LogP contribution in [0, 0.1) is 6.92 Å². The van der Waals surface area contributed by atoms with E-state index in [1.807, 2.05) is 31.2 Å². The molecule has 0 aliphatic heterocycles. The lowest BCUT2D eigenvalue weighted by Crippen LogP contribution is -2.09. The van der Waals surface area contributed by atoms with E-state index in [2.05, 4.69) is 5.32 Å². The fourth-order valence-electron chi connectivity index (χ4n) is 1.93. The Morgan fingerprint density at radius 1 is 1.10 bits per heavy atom. The number of hydrogen-bond acceptors (Lipinski definition) is 3. The molecule has 2 aromatic rings. The van der Waals surface area contributed by atoms with Crippen molar-refractivity contribution in [3.63, 3.8) is 0 Å². The molecule has 1 amide bonds. The summed E-state index contributed by atoms with van der Waals surface area (Å²) in [5.74, 6) is -0.592. The number of carbonyl (C=O) groups is 2. The molecule has 4 nitrogen and oxygen atoms in total. The number of esters is 1. The van der Waals surface area contributed by atoms with Crippen LogP contribution in [0.25, 0.3) is 0 Å². The van der Waals surface area contributed by atoms with Gasteiger partial charge in [-0.15, -0.1) is 0 Å². The summed E-state index contributed by atoms with van der Waals surface area (Å²) < 4.78 is 5.30. The Bertz CT molecular complexity index is 665. The summed E-state index contributed by atoms with van der Waals surface area (Å²) in [6.07, 6.45) is 0. The number of carbonyl (C=O) groups excluding carboxylic acids is 2. The number of hydrogen-bond donors (Lipinski definition) is 1. The highest BCUT2D eigenvalue weighted by molar-refractivity contribution is 5.93. The Balaban J connectivity index is 2.03. The van der Waals surface area contributed by atoms with Crippen molar-refractivity contribution in [2.45, 2.75) is 20.5 Å². The SMILES string of the molecule is CC(=O)Nc1cccc(C(=O)OCc2ccccc2C)c1. The van der Waals surface area contributed by atoms with Crippen LogP contribution in [0.1, 0.15) is 28.4 Å². The van der Waals surface area contributed by atoms with Crippen LogP contribution in [0.5, 0.6) is 0 Å². The fraction of sp³-hybridized carbons (Fsp3) is 0.176. The number of amides is 1. The van der Waals surface area contributed by atoms with Crippen LogP contribution in [0.2, 0.25) is 0 Å². The van der Waals surface area contributed by atoms with Gasteiger partial charge < -0.3 is 10.1 Å². The van der Waals surface area contributed by atoms with Crippen molar-refractivity contribution in [3.05, 3.63) is 65.2 Å². The maximum Gasteiger partial charge on any atom is 0.338 e. The van der Waals surface area contributed by atoms with Gasteiger partial charge in [0.1, 0.15) is 6.61 Å². The average molecular weight is 283 g/mol. The van der Waals surface area contributed by atoms with Crippen LogP contribution in [0.15, 0.2) is 48.5 Å². The smallest absolute Gasteiger partial charge is 0.338 e. The highest BCUT2D eigenvalue weighted by Gasteiger charge is 2.09. The molecule has 0 fully saturated rings. The standard InChI is InChI=1S/C17H17NO3/c1-12-6-3-4-7-15(12)11-21-17(20)14-8-5-9-16(10-14)18-13(2)19/h3-10H,11H2,1-2H3,(H,18,19). The van der Waals surface area contributed by atoms with E-state index in [-0.39, 0.29) is 12.5 Å². The van der Waals surface area contributed by atoms with Crippen LogP contribution < -0.4 is 5.32 Å². The summed E-state index contributed by atoms with van der Waals surface area (Å²) in [5, 5.41) is 2.64. The van der Waals surface area contributed by atoms with Gasteiger partial charge in [0.25, 0.3) is 0 Å². The Morgan fingerprint density at radius 3 is 2.57 bits per heavy atom. The molecule has 2 rings (SSSR count).